The summed E-state index contributed by atoms with van der Waals surface area (Å²) in [5.41, 5.74) is 1.35. The van der Waals surface area contributed by atoms with Gasteiger partial charge in [-0.25, -0.2) is 4.98 Å². The third kappa shape index (κ3) is 3.23. The van der Waals surface area contributed by atoms with Gasteiger partial charge in [0, 0.05) is 11.3 Å². The van der Waals surface area contributed by atoms with Gasteiger partial charge >= 0.3 is 6.18 Å². The monoisotopic (exact) mass is 351 g/mol. The molecule has 0 aliphatic heterocycles. The van der Waals surface area contributed by atoms with Gasteiger partial charge in [-0.3, -0.25) is 10.1 Å². The highest BCUT2D eigenvalue weighted by Gasteiger charge is 2.31. The predicted molar refractivity (Wildman–Crippen MR) is 86.3 cm³/mol. The van der Waals surface area contributed by atoms with Crippen LogP contribution in [0.2, 0.25) is 0 Å². The van der Waals surface area contributed by atoms with Crippen molar-refractivity contribution in [3.05, 3.63) is 52.7 Å². The molecule has 0 atom stereocenters. The van der Waals surface area contributed by atoms with Gasteiger partial charge in [-0.2, -0.15) is 18.2 Å². The number of alkyl halides is 3. The number of carbonyl (C=O) groups excluding carboxylic acids is 1. The van der Waals surface area contributed by atoms with Gasteiger partial charge in [0.05, 0.1) is 10.3 Å². The highest BCUT2D eigenvalue weighted by atomic mass is 32.1. The fraction of sp³-hybridized carbons (Fsp3) is 0.188. The van der Waals surface area contributed by atoms with E-state index in [1.165, 1.54) is 23.5 Å². The lowest BCUT2D eigenvalue weighted by Crippen LogP contribution is -2.13. The fourth-order valence-corrected chi connectivity index (χ4v) is 3.15. The molecular formula is C16H12F3N3OS. The SMILES string of the molecule is Cc1cc(C)c2sc(NC(=O)c3cccc(C(F)(F)F)c3)nc2n1. The summed E-state index contributed by atoms with van der Waals surface area (Å²) in [6.07, 6.45) is -4.50. The molecule has 1 amide bonds. The molecule has 1 N–H and O–H groups in total. The number of carbonyl (C=O) groups is 1. The maximum absolute atomic E-state index is 12.7. The van der Waals surface area contributed by atoms with E-state index < -0.39 is 17.6 Å². The van der Waals surface area contributed by atoms with Crippen LogP contribution < -0.4 is 5.32 Å². The molecule has 1 aromatic carbocycles. The van der Waals surface area contributed by atoms with Gasteiger partial charge < -0.3 is 0 Å². The molecule has 0 saturated heterocycles. The molecule has 3 rings (SSSR count). The van der Waals surface area contributed by atoms with Crippen LogP contribution in [0.1, 0.15) is 27.2 Å². The zero-order valence-corrected chi connectivity index (χ0v) is 13.5. The predicted octanol–water partition coefficient (Wildman–Crippen LogP) is 4.58. The Bertz CT molecular complexity index is 934. The first-order valence-electron chi connectivity index (χ1n) is 6.97. The van der Waals surface area contributed by atoms with Crippen molar-refractivity contribution in [1.29, 1.82) is 0 Å². The minimum absolute atomic E-state index is 0.0788. The van der Waals surface area contributed by atoms with Crippen molar-refractivity contribution in [2.24, 2.45) is 0 Å². The van der Waals surface area contributed by atoms with Crippen molar-refractivity contribution in [2.45, 2.75) is 20.0 Å². The number of thiazole rings is 1. The number of aromatic nitrogens is 2. The smallest absolute Gasteiger partial charge is 0.298 e. The molecule has 4 nitrogen and oxygen atoms in total. The fourth-order valence-electron chi connectivity index (χ4n) is 2.28. The van der Waals surface area contributed by atoms with Crippen LogP contribution in [-0.2, 0) is 6.18 Å². The summed E-state index contributed by atoms with van der Waals surface area (Å²) in [6.45, 7) is 3.75. The van der Waals surface area contributed by atoms with Gasteiger partial charge in [0.2, 0.25) is 0 Å². The number of rotatable bonds is 2. The van der Waals surface area contributed by atoms with Gasteiger partial charge in [-0.15, -0.1) is 0 Å². The molecule has 0 fully saturated rings. The van der Waals surface area contributed by atoms with Gasteiger partial charge in [0.1, 0.15) is 0 Å². The van der Waals surface area contributed by atoms with Crippen LogP contribution in [0.15, 0.2) is 30.3 Å². The number of amides is 1. The number of anilines is 1. The lowest BCUT2D eigenvalue weighted by atomic mass is 10.1. The summed E-state index contributed by atoms with van der Waals surface area (Å²) in [6, 6.07) is 6.16. The number of aryl methyl sites for hydroxylation is 2. The van der Waals surface area contributed by atoms with Crippen molar-refractivity contribution < 1.29 is 18.0 Å². The summed E-state index contributed by atoms with van der Waals surface area (Å²) in [7, 11) is 0. The standard InChI is InChI=1S/C16H12F3N3OS/c1-8-6-9(2)20-13-12(8)24-15(21-13)22-14(23)10-4-3-5-11(7-10)16(17,18)19/h3-7H,1-2H3,(H,20,21,22,23). The Morgan fingerprint density at radius 1 is 1.17 bits per heavy atom. The molecule has 24 heavy (non-hydrogen) atoms. The van der Waals surface area contributed by atoms with Crippen LogP contribution >= 0.6 is 11.3 Å². The topological polar surface area (TPSA) is 54.9 Å². The number of hydrogen-bond donors (Lipinski definition) is 1. The molecule has 0 unspecified atom stereocenters. The highest BCUT2D eigenvalue weighted by molar-refractivity contribution is 7.22. The molecule has 8 heteroatoms. The summed E-state index contributed by atoms with van der Waals surface area (Å²) in [5.74, 6) is -0.644. The largest absolute Gasteiger partial charge is 0.416 e. The Balaban J connectivity index is 1.89. The van der Waals surface area contributed by atoms with Crippen molar-refractivity contribution in [2.75, 3.05) is 5.32 Å². The quantitative estimate of drug-likeness (QED) is 0.735. The number of nitrogens with zero attached hydrogens (tertiary/aromatic N) is 2. The van der Waals surface area contributed by atoms with E-state index in [-0.39, 0.29) is 5.56 Å². The van der Waals surface area contributed by atoms with Crippen LogP contribution in [0, 0.1) is 13.8 Å². The zero-order valence-electron chi connectivity index (χ0n) is 12.7. The normalized spacial score (nSPS) is 11.7. The molecule has 0 saturated carbocycles. The zero-order chi connectivity index (χ0) is 17.5. The molecule has 0 aliphatic rings. The lowest BCUT2D eigenvalue weighted by Gasteiger charge is -2.08. The number of fused-ring (bicyclic) bond motifs is 1. The van der Waals surface area contributed by atoms with E-state index in [1.54, 1.807) is 0 Å². The minimum atomic E-state index is -4.50. The number of halogens is 3. The molecule has 0 bridgehead atoms. The summed E-state index contributed by atoms with van der Waals surface area (Å²) >= 11 is 1.24. The van der Waals surface area contributed by atoms with Gasteiger partial charge in [0.25, 0.3) is 5.91 Å². The van der Waals surface area contributed by atoms with E-state index >= 15 is 0 Å². The van der Waals surface area contributed by atoms with Crippen molar-refractivity contribution >= 4 is 32.7 Å². The second-order valence-electron chi connectivity index (χ2n) is 5.28. The number of pyridine rings is 1. The van der Waals surface area contributed by atoms with Gasteiger partial charge in [-0.05, 0) is 43.7 Å². The number of benzene rings is 1. The maximum Gasteiger partial charge on any atom is 0.416 e. The summed E-state index contributed by atoms with van der Waals surface area (Å²) < 4.78 is 39.0. The van der Waals surface area contributed by atoms with Crippen LogP contribution in [0.4, 0.5) is 18.3 Å². The van der Waals surface area contributed by atoms with Crippen LogP contribution in [-0.4, -0.2) is 15.9 Å². The molecule has 0 radical (unpaired) electrons. The second-order valence-corrected chi connectivity index (χ2v) is 6.28. The number of nitrogens with one attached hydrogen (secondary N) is 1. The van der Waals surface area contributed by atoms with Gasteiger partial charge in [-0.1, -0.05) is 17.4 Å². The van der Waals surface area contributed by atoms with E-state index in [4.69, 9.17) is 0 Å². The molecule has 3 aromatic rings. The molecule has 0 spiro atoms. The molecule has 0 aliphatic carbocycles. The molecule has 124 valence electrons. The Labute approximate surface area is 139 Å². The first-order chi connectivity index (χ1) is 11.2. The maximum atomic E-state index is 12.7. The van der Waals surface area contributed by atoms with E-state index in [0.717, 1.165) is 28.1 Å². The van der Waals surface area contributed by atoms with Crippen LogP contribution in [0.5, 0.6) is 0 Å². The van der Waals surface area contributed by atoms with Crippen LogP contribution in [0.25, 0.3) is 10.3 Å². The van der Waals surface area contributed by atoms with E-state index in [9.17, 15) is 18.0 Å². The molecule has 2 aromatic heterocycles. The van der Waals surface area contributed by atoms with E-state index in [0.29, 0.717) is 10.8 Å². The van der Waals surface area contributed by atoms with Crippen molar-refractivity contribution in [3.8, 4) is 0 Å². The summed E-state index contributed by atoms with van der Waals surface area (Å²) in [4.78, 5) is 20.7. The Morgan fingerprint density at radius 2 is 1.92 bits per heavy atom. The van der Waals surface area contributed by atoms with Crippen LogP contribution in [0.3, 0.4) is 0 Å². The summed E-state index contributed by atoms with van der Waals surface area (Å²) in [5, 5.41) is 2.83. The lowest BCUT2D eigenvalue weighted by molar-refractivity contribution is -0.137. The van der Waals surface area contributed by atoms with Crippen molar-refractivity contribution in [1.82, 2.24) is 9.97 Å². The number of hydrogen-bond acceptors (Lipinski definition) is 4. The average molecular weight is 351 g/mol. The Hall–Kier alpha value is -2.48. The van der Waals surface area contributed by atoms with Crippen molar-refractivity contribution in [3.63, 3.8) is 0 Å². The third-order valence-corrected chi connectivity index (χ3v) is 4.44. The Morgan fingerprint density at radius 3 is 2.62 bits per heavy atom. The average Bonchev–Trinajstić information content (AvgIpc) is 2.89. The Kier molecular flexibility index (Phi) is 4.00. The van der Waals surface area contributed by atoms with E-state index in [1.807, 2.05) is 19.9 Å². The molecular weight excluding hydrogens is 339 g/mol. The minimum Gasteiger partial charge on any atom is -0.298 e. The third-order valence-electron chi connectivity index (χ3n) is 3.35. The molecule has 2 heterocycles. The first-order valence-corrected chi connectivity index (χ1v) is 7.79. The van der Waals surface area contributed by atoms with E-state index in [2.05, 4.69) is 15.3 Å². The second kappa shape index (κ2) is 5.86. The highest BCUT2D eigenvalue weighted by Crippen LogP contribution is 2.31. The first kappa shape index (κ1) is 16.4. The van der Waals surface area contributed by atoms with Gasteiger partial charge in [0.15, 0.2) is 10.8 Å².